The van der Waals surface area contributed by atoms with Crippen molar-refractivity contribution in [3.05, 3.63) is 23.0 Å². The van der Waals surface area contributed by atoms with Gasteiger partial charge in [-0.15, -0.1) is 0 Å². The fourth-order valence-electron chi connectivity index (χ4n) is 2.11. The van der Waals surface area contributed by atoms with Gasteiger partial charge in [-0.05, 0) is 25.7 Å². The average Bonchev–Trinajstić information content (AvgIpc) is 2.32. The molecule has 3 heteroatoms. The second-order valence-electron chi connectivity index (χ2n) is 5.42. The van der Waals surface area contributed by atoms with Gasteiger partial charge in [0.2, 0.25) is 0 Å². The number of rotatable bonds is 5. The molecule has 1 heterocycles. The third-order valence-corrected chi connectivity index (χ3v) is 3.81. The van der Waals surface area contributed by atoms with E-state index in [2.05, 4.69) is 25.8 Å². The molecule has 3 nitrogen and oxygen atoms in total. The molecule has 102 valence electrons. The summed E-state index contributed by atoms with van der Waals surface area (Å²) in [6.45, 7) is 10.3. The first-order valence-corrected chi connectivity index (χ1v) is 6.55. The Morgan fingerprint density at radius 2 is 1.89 bits per heavy atom. The Morgan fingerprint density at radius 1 is 1.28 bits per heavy atom. The summed E-state index contributed by atoms with van der Waals surface area (Å²) >= 11 is 0. The zero-order valence-electron chi connectivity index (χ0n) is 12.3. The highest BCUT2D eigenvalue weighted by Gasteiger charge is 2.20. The van der Waals surface area contributed by atoms with Gasteiger partial charge >= 0.3 is 0 Å². The second-order valence-corrected chi connectivity index (χ2v) is 5.42. The first-order chi connectivity index (χ1) is 8.38. The van der Waals surface area contributed by atoms with Crippen LogP contribution in [0, 0.1) is 25.7 Å². The molecule has 1 aromatic heterocycles. The Morgan fingerprint density at radius 3 is 2.39 bits per heavy atom. The van der Waals surface area contributed by atoms with E-state index in [0.29, 0.717) is 12.3 Å². The molecule has 0 radical (unpaired) electrons. The van der Waals surface area contributed by atoms with E-state index in [1.54, 1.807) is 7.11 Å². The zero-order chi connectivity index (χ0) is 13.9. The fourth-order valence-corrected chi connectivity index (χ4v) is 2.11. The van der Waals surface area contributed by atoms with Gasteiger partial charge in [0.25, 0.3) is 0 Å². The lowest BCUT2D eigenvalue weighted by Crippen LogP contribution is -2.25. The van der Waals surface area contributed by atoms with E-state index in [1.807, 2.05) is 20.0 Å². The summed E-state index contributed by atoms with van der Waals surface area (Å²) in [6.07, 6.45) is 2.04. The van der Waals surface area contributed by atoms with E-state index in [9.17, 15) is 5.11 Å². The molecule has 0 spiro atoms. The first kappa shape index (κ1) is 15.0. The molecule has 18 heavy (non-hydrogen) atoms. The van der Waals surface area contributed by atoms with Crippen molar-refractivity contribution in [2.24, 2.45) is 11.8 Å². The molecule has 0 aliphatic rings. The first-order valence-electron chi connectivity index (χ1n) is 6.55. The number of aromatic nitrogens is 1. The van der Waals surface area contributed by atoms with E-state index in [4.69, 9.17) is 4.74 Å². The van der Waals surface area contributed by atoms with E-state index in [1.165, 1.54) is 0 Å². The van der Waals surface area contributed by atoms with Crippen LogP contribution in [0.5, 0.6) is 5.75 Å². The van der Waals surface area contributed by atoms with Crippen LogP contribution in [0.25, 0.3) is 0 Å². The van der Waals surface area contributed by atoms with Crippen LogP contribution in [0.4, 0.5) is 0 Å². The van der Waals surface area contributed by atoms with E-state index < -0.39 is 0 Å². The summed E-state index contributed by atoms with van der Waals surface area (Å²) < 4.78 is 5.38. The van der Waals surface area contributed by atoms with Crippen LogP contribution in [0.15, 0.2) is 6.20 Å². The van der Waals surface area contributed by atoms with Crippen LogP contribution in [-0.2, 0) is 6.42 Å². The smallest absolute Gasteiger partial charge is 0.128 e. The number of aryl methyl sites for hydroxylation is 1. The lowest BCUT2D eigenvalue weighted by molar-refractivity contribution is 0.0910. The predicted octanol–water partition coefficient (Wildman–Crippen LogP) is 2.90. The SMILES string of the molecule is COc1c(C)cnc(CC(O)C(C)C(C)C)c1C. The third-order valence-electron chi connectivity index (χ3n) is 3.81. The number of aliphatic hydroxyl groups is 1. The minimum Gasteiger partial charge on any atom is -0.496 e. The summed E-state index contributed by atoms with van der Waals surface area (Å²) in [6, 6.07) is 0. The van der Waals surface area contributed by atoms with Crippen LogP contribution < -0.4 is 4.74 Å². The van der Waals surface area contributed by atoms with Crippen molar-refractivity contribution in [3.8, 4) is 5.75 Å². The maximum atomic E-state index is 10.2. The van der Waals surface area contributed by atoms with Crippen LogP contribution in [0.1, 0.15) is 37.6 Å². The Balaban J connectivity index is 2.92. The van der Waals surface area contributed by atoms with Crippen molar-refractivity contribution in [2.45, 2.75) is 47.1 Å². The Bertz CT molecular complexity index is 402. The van der Waals surface area contributed by atoms with Gasteiger partial charge in [0.05, 0.1) is 13.2 Å². The number of ether oxygens (including phenoxy) is 1. The van der Waals surface area contributed by atoms with Crippen LogP contribution in [0.3, 0.4) is 0 Å². The molecule has 0 saturated carbocycles. The van der Waals surface area contributed by atoms with Crippen LogP contribution in [-0.4, -0.2) is 23.3 Å². The highest BCUT2D eigenvalue weighted by Crippen LogP contribution is 2.26. The van der Waals surface area contributed by atoms with Crippen molar-refractivity contribution in [3.63, 3.8) is 0 Å². The minimum atomic E-state index is -0.358. The largest absolute Gasteiger partial charge is 0.496 e. The molecular formula is C15H25NO2. The number of methoxy groups -OCH3 is 1. The quantitative estimate of drug-likeness (QED) is 0.875. The summed E-state index contributed by atoms with van der Waals surface area (Å²) in [5.74, 6) is 1.61. The topological polar surface area (TPSA) is 42.4 Å². The van der Waals surface area contributed by atoms with Crippen molar-refractivity contribution in [1.29, 1.82) is 0 Å². The molecule has 0 bridgehead atoms. The molecular weight excluding hydrogens is 226 g/mol. The highest BCUT2D eigenvalue weighted by atomic mass is 16.5. The van der Waals surface area contributed by atoms with Crippen molar-refractivity contribution in [2.75, 3.05) is 7.11 Å². The van der Waals surface area contributed by atoms with Crippen LogP contribution in [0.2, 0.25) is 0 Å². The molecule has 1 aromatic rings. The zero-order valence-corrected chi connectivity index (χ0v) is 12.3. The normalized spacial score (nSPS) is 14.7. The monoisotopic (exact) mass is 251 g/mol. The summed E-state index contributed by atoms with van der Waals surface area (Å²) in [7, 11) is 1.67. The predicted molar refractivity (Wildman–Crippen MR) is 74.0 cm³/mol. The van der Waals surface area contributed by atoms with Gasteiger partial charge in [0, 0.05) is 29.4 Å². The van der Waals surface area contributed by atoms with E-state index >= 15 is 0 Å². The van der Waals surface area contributed by atoms with Crippen molar-refractivity contribution >= 4 is 0 Å². The second kappa shape index (κ2) is 6.19. The van der Waals surface area contributed by atoms with Gasteiger partial charge < -0.3 is 9.84 Å². The molecule has 2 unspecified atom stereocenters. The lowest BCUT2D eigenvalue weighted by atomic mass is 9.89. The Hall–Kier alpha value is -1.09. The van der Waals surface area contributed by atoms with E-state index in [-0.39, 0.29) is 12.0 Å². The van der Waals surface area contributed by atoms with Gasteiger partial charge in [-0.1, -0.05) is 20.8 Å². The maximum absolute atomic E-state index is 10.2. The summed E-state index contributed by atoms with van der Waals surface area (Å²) in [5.41, 5.74) is 3.00. The molecule has 1 N–H and O–H groups in total. The number of nitrogens with zero attached hydrogens (tertiary/aromatic N) is 1. The van der Waals surface area contributed by atoms with Gasteiger partial charge in [0.1, 0.15) is 5.75 Å². The third kappa shape index (κ3) is 3.22. The summed E-state index contributed by atoms with van der Waals surface area (Å²) in [4.78, 5) is 4.43. The minimum absolute atomic E-state index is 0.262. The van der Waals surface area contributed by atoms with Crippen molar-refractivity contribution < 1.29 is 9.84 Å². The lowest BCUT2D eigenvalue weighted by Gasteiger charge is -2.23. The van der Waals surface area contributed by atoms with Gasteiger partial charge in [-0.25, -0.2) is 0 Å². The van der Waals surface area contributed by atoms with E-state index in [0.717, 1.165) is 22.6 Å². The highest BCUT2D eigenvalue weighted by molar-refractivity contribution is 5.41. The molecule has 0 saturated heterocycles. The molecule has 0 amide bonds. The van der Waals surface area contributed by atoms with Gasteiger partial charge in [-0.3, -0.25) is 4.98 Å². The molecule has 2 atom stereocenters. The Labute approximate surface area is 110 Å². The fraction of sp³-hybridized carbons (Fsp3) is 0.667. The van der Waals surface area contributed by atoms with Gasteiger partial charge in [0.15, 0.2) is 0 Å². The number of pyridine rings is 1. The molecule has 0 fully saturated rings. The Kier molecular flexibility index (Phi) is 5.15. The maximum Gasteiger partial charge on any atom is 0.128 e. The molecule has 0 aromatic carbocycles. The average molecular weight is 251 g/mol. The standard InChI is InChI=1S/C15H25NO2/c1-9(2)11(4)14(17)7-13-12(5)15(18-6)10(3)8-16-13/h8-9,11,14,17H,7H2,1-6H3. The number of aliphatic hydroxyl groups excluding tert-OH is 1. The van der Waals surface area contributed by atoms with Crippen LogP contribution >= 0.6 is 0 Å². The molecule has 1 rings (SSSR count). The molecule has 0 aliphatic carbocycles. The number of hydrogen-bond acceptors (Lipinski definition) is 3. The molecule has 0 aliphatic heterocycles. The number of hydrogen-bond donors (Lipinski definition) is 1. The van der Waals surface area contributed by atoms with Crippen molar-refractivity contribution in [1.82, 2.24) is 4.98 Å². The summed E-state index contributed by atoms with van der Waals surface area (Å²) in [5, 5.41) is 10.2. The van der Waals surface area contributed by atoms with Gasteiger partial charge in [-0.2, -0.15) is 0 Å².